The highest BCUT2D eigenvalue weighted by atomic mass is 35.5. The van der Waals surface area contributed by atoms with Crippen LogP contribution < -0.4 is 4.74 Å². The van der Waals surface area contributed by atoms with Crippen molar-refractivity contribution in [2.45, 2.75) is 43.8 Å². The smallest absolute Gasteiger partial charge is 0.119 e. The lowest BCUT2D eigenvalue weighted by atomic mass is 9.90. The quantitative estimate of drug-likeness (QED) is 0.581. The molecule has 2 aromatic rings. The Balaban J connectivity index is 1.79. The van der Waals surface area contributed by atoms with Gasteiger partial charge >= 0.3 is 0 Å². The van der Waals surface area contributed by atoms with E-state index in [0.29, 0.717) is 29.4 Å². The predicted octanol–water partition coefficient (Wildman–Crippen LogP) is 1.84. The number of benzene rings is 2. The van der Waals surface area contributed by atoms with Crippen LogP contribution in [0, 0.1) is 0 Å². The first-order valence-corrected chi connectivity index (χ1v) is 9.42. The van der Waals surface area contributed by atoms with Gasteiger partial charge in [-0.25, -0.2) is 0 Å². The van der Waals surface area contributed by atoms with Crippen molar-refractivity contribution in [2.75, 3.05) is 13.2 Å². The molecule has 1 aliphatic rings. The fourth-order valence-electron chi connectivity index (χ4n) is 3.33. The van der Waals surface area contributed by atoms with Crippen LogP contribution in [0.4, 0.5) is 0 Å². The van der Waals surface area contributed by atoms with Crippen molar-refractivity contribution in [1.29, 1.82) is 0 Å². The van der Waals surface area contributed by atoms with Gasteiger partial charge in [0.15, 0.2) is 0 Å². The molecule has 28 heavy (non-hydrogen) atoms. The van der Waals surface area contributed by atoms with Crippen molar-refractivity contribution in [3.05, 3.63) is 64.2 Å². The second-order valence-electron chi connectivity index (χ2n) is 6.77. The molecule has 0 unspecified atom stereocenters. The summed E-state index contributed by atoms with van der Waals surface area (Å²) >= 11 is 6.35. The van der Waals surface area contributed by atoms with E-state index in [1.165, 1.54) is 0 Å². The average molecular weight is 410 g/mol. The largest absolute Gasteiger partial charge is 0.494 e. The van der Waals surface area contributed by atoms with E-state index in [2.05, 4.69) is 0 Å². The van der Waals surface area contributed by atoms with Crippen molar-refractivity contribution in [1.82, 2.24) is 0 Å². The summed E-state index contributed by atoms with van der Waals surface area (Å²) < 4.78 is 18.2. The van der Waals surface area contributed by atoms with Crippen LogP contribution in [0.5, 0.6) is 5.75 Å². The fourth-order valence-corrected chi connectivity index (χ4v) is 3.51. The summed E-state index contributed by atoms with van der Waals surface area (Å²) in [4.78, 5) is 0. The molecule has 2 aromatic carbocycles. The summed E-state index contributed by atoms with van der Waals surface area (Å²) in [5.74, 6) is 0.696. The van der Waals surface area contributed by atoms with Gasteiger partial charge in [-0.3, -0.25) is 0 Å². The molecule has 3 rings (SSSR count). The molecule has 1 aliphatic heterocycles. The normalized spacial score (nSPS) is 28.0. The number of ether oxygens (including phenoxy) is 2. The standard InChI is InChI=1S/C21H25ClO6/c1-2-27-15-6-3-12(4-7-15)9-14-10-13(5-8-16(14)22)21-20(26)19(25)18(24)17(11-23)28-21/h3-8,10,17-21,23-26H,2,9,11H2,1H3/t17-,18-,19+,20-,21+/m1/s1/i1D. The molecule has 0 bridgehead atoms. The van der Waals surface area contributed by atoms with E-state index in [0.717, 1.165) is 11.1 Å². The van der Waals surface area contributed by atoms with Gasteiger partial charge in [0.05, 0.1) is 13.2 Å². The highest BCUT2D eigenvalue weighted by Gasteiger charge is 2.43. The summed E-state index contributed by atoms with van der Waals surface area (Å²) in [5.41, 5.74) is 2.40. The third-order valence-corrected chi connectivity index (χ3v) is 5.25. The van der Waals surface area contributed by atoms with E-state index in [1.807, 2.05) is 24.3 Å². The van der Waals surface area contributed by atoms with Crippen LogP contribution in [0.1, 0.15) is 31.1 Å². The van der Waals surface area contributed by atoms with Gasteiger partial charge in [0.2, 0.25) is 0 Å². The Morgan fingerprint density at radius 2 is 1.82 bits per heavy atom. The molecule has 0 radical (unpaired) electrons. The molecule has 7 heteroatoms. The lowest BCUT2D eigenvalue weighted by molar-refractivity contribution is -0.231. The molecule has 4 N–H and O–H groups in total. The van der Waals surface area contributed by atoms with Crippen LogP contribution in [-0.4, -0.2) is 58.1 Å². The highest BCUT2D eigenvalue weighted by molar-refractivity contribution is 6.31. The van der Waals surface area contributed by atoms with E-state index < -0.39 is 37.1 Å². The van der Waals surface area contributed by atoms with Crippen LogP contribution in [0.25, 0.3) is 0 Å². The first-order valence-electron chi connectivity index (χ1n) is 9.75. The second-order valence-corrected chi connectivity index (χ2v) is 7.18. The SMILES string of the molecule is [2H]CCOc1ccc(Cc2cc([C@@H]3O[C@H](CO)[C@@H](O)[C@H](O)[C@H]3O)ccc2Cl)cc1. The molecule has 5 atom stereocenters. The first-order chi connectivity index (χ1) is 13.9. The highest BCUT2D eigenvalue weighted by Crippen LogP contribution is 2.34. The van der Waals surface area contributed by atoms with Crippen LogP contribution in [0.2, 0.25) is 5.02 Å². The second kappa shape index (κ2) is 9.22. The molecule has 1 fully saturated rings. The number of hydrogen-bond acceptors (Lipinski definition) is 6. The maximum absolute atomic E-state index is 10.3. The summed E-state index contributed by atoms with van der Waals surface area (Å²) in [6.07, 6.45) is -5.50. The van der Waals surface area contributed by atoms with Gasteiger partial charge in [0, 0.05) is 6.39 Å². The minimum atomic E-state index is -1.43. The zero-order valence-corrected chi connectivity index (χ0v) is 16.0. The molecule has 0 amide bonds. The maximum Gasteiger partial charge on any atom is 0.119 e. The minimum Gasteiger partial charge on any atom is -0.494 e. The van der Waals surface area contributed by atoms with E-state index in [-0.39, 0.29) is 6.90 Å². The first kappa shape index (κ1) is 19.6. The molecular weight excluding hydrogens is 384 g/mol. The number of aliphatic hydroxyl groups is 4. The Hall–Kier alpha value is -1.67. The third-order valence-electron chi connectivity index (χ3n) is 4.88. The van der Waals surface area contributed by atoms with Crippen LogP contribution >= 0.6 is 11.6 Å². The van der Waals surface area contributed by atoms with Crippen molar-refractivity contribution < 1.29 is 31.3 Å². The predicted molar refractivity (Wildman–Crippen MR) is 105 cm³/mol. The lowest BCUT2D eigenvalue weighted by Gasteiger charge is -2.40. The molecule has 1 saturated heterocycles. The molecule has 6 nitrogen and oxygen atoms in total. The van der Waals surface area contributed by atoms with Gasteiger partial charge in [0.25, 0.3) is 0 Å². The molecule has 152 valence electrons. The fraction of sp³-hybridized carbons (Fsp3) is 0.429. The van der Waals surface area contributed by atoms with Crippen LogP contribution in [0.3, 0.4) is 0 Å². The van der Waals surface area contributed by atoms with Crippen molar-refractivity contribution in [2.24, 2.45) is 0 Å². The number of hydrogen-bond donors (Lipinski definition) is 4. The summed E-state index contributed by atoms with van der Waals surface area (Å²) in [5, 5.41) is 40.3. The van der Waals surface area contributed by atoms with E-state index >= 15 is 0 Å². The summed E-state index contributed by atoms with van der Waals surface area (Å²) in [7, 11) is 0. The number of rotatable bonds is 6. The van der Waals surface area contributed by atoms with Crippen molar-refractivity contribution >= 4 is 11.6 Å². The molecule has 0 aliphatic carbocycles. The Labute approximate surface area is 170 Å². The third kappa shape index (κ3) is 4.49. The zero-order valence-electron chi connectivity index (χ0n) is 16.2. The van der Waals surface area contributed by atoms with E-state index in [4.69, 9.17) is 22.4 Å². The van der Waals surface area contributed by atoms with Gasteiger partial charge in [-0.2, -0.15) is 0 Å². The molecule has 0 saturated carbocycles. The monoisotopic (exact) mass is 409 g/mol. The molecule has 0 spiro atoms. The lowest BCUT2D eigenvalue weighted by Crippen LogP contribution is -2.55. The zero-order chi connectivity index (χ0) is 21.0. The molecular formula is C21H25ClO6. The van der Waals surface area contributed by atoms with Crippen molar-refractivity contribution in [3.8, 4) is 5.75 Å². The minimum absolute atomic E-state index is 0.197. The number of halogens is 1. The molecule has 1 heterocycles. The average Bonchev–Trinajstić information content (AvgIpc) is 2.73. The Morgan fingerprint density at radius 1 is 1.07 bits per heavy atom. The Bertz CT molecular complexity index is 800. The van der Waals surface area contributed by atoms with Crippen LogP contribution in [-0.2, 0) is 11.2 Å². The van der Waals surface area contributed by atoms with Gasteiger partial charge in [0.1, 0.15) is 36.3 Å². The van der Waals surface area contributed by atoms with Gasteiger partial charge in [-0.15, -0.1) is 0 Å². The van der Waals surface area contributed by atoms with Gasteiger partial charge in [-0.05, 0) is 48.2 Å². The molecule has 0 aromatic heterocycles. The number of aliphatic hydroxyl groups excluding tert-OH is 4. The Kier molecular flexibility index (Phi) is 6.47. The Morgan fingerprint density at radius 3 is 2.50 bits per heavy atom. The van der Waals surface area contributed by atoms with Crippen molar-refractivity contribution in [3.63, 3.8) is 0 Å². The summed E-state index contributed by atoms with van der Waals surface area (Å²) in [6.45, 7) is 0.0605. The topological polar surface area (TPSA) is 99.4 Å². The summed E-state index contributed by atoms with van der Waals surface area (Å²) in [6, 6.07) is 12.7. The maximum atomic E-state index is 10.3. The van der Waals surface area contributed by atoms with Gasteiger partial charge in [-0.1, -0.05) is 35.9 Å². The van der Waals surface area contributed by atoms with Gasteiger partial charge < -0.3 is 29.9 Å². The van der Waals surface area contributed by atoms with E-state index in [9.17, 15) is 20.4 Å². The van der Waals surface area contributed by atoms with E-state index in [1.54, 1.807) is 18.2 Å². The van der Waals surface area contributed by atoms with Crippen LogP contribution in [0.15, 0.2) is 42.5 Å².